The molecule has 0 aliphatic rings. The molecule has 1 aromatic heterocycles. The molecule has 26 heavy (non-hydrogen) atoms. The minimum Gasteiger partial charge on any atom is -0.451 e. The molecule has 1 atom stereocenters. The largest absolute Gasteiger partial charge is 0.451 e. The number of carbonyl (C=O) groups is 1. The summed E-state index contributed by atoms with van der Waals surface area (Å²) in [5, 5.41) is 0.510. The van der Waals surface area contributed by atoms with Crippen LogP contribution in [-0.4, -0.2) is 15.9 Å². The van der Waals surface area contributed by atoms with Gasteiger partial charge in [0.05, 0.1) is 16.5 Å². The van der Waals surface area contributed by atoms with Crippen molar-refractivity contribution in [2.75, 3.05) is 0 Å². The fourth-order valence-corrected chi connectivity index (χ4v) is 2.83. The van der Waals surface area contributed by atoms with Gasteiger partial charge < -0.3 is 9.72 Å². The maximum atomic E-state index is 12.4. The number of carbonyl (C=O) groups excluding carboxylic acids is 1. The van der Waals surface area contributed by atoms with Crippen LogP contribution in [0.5, 0.6) is 0 Å². The first kappa shape index (κ1) is 17.9. The molecular weight excluding hydrogens is 328 g/mol. The fourth-order valence-electron chi connectivity index (χ4n) is 2.83. The van der Waals surface area contributed by atoms with Crippen molar-refractivity contribution in [1.29, 1.82) is 0 Å². The van der Waals surface area contributed by atoms with E-state index in [1.54, 1.807) is 37.3 Å². The zero-order valence-corrected chi connectivity index (χ0v) is 15.2. The van der Waals surface area contributed by atoms with Gasteiger partial charge in [-0.1, -0.05) is 38.1 Å². The number of fused-ring (bicyclic) bond motifs is 1. The summed E-state index contributed by atoms with van der Waals surface area (Å²) in [5.41, 5.74) is 2.00. The van der Waals surface area contributed by atoms with Crippen molar-refractivity contribution in [3.8, 4) is 0 Å². The summed E-state index contributed by atoms with van der Waals surface area (Å²) in [6.45, 7) is 6.00. The molecule has 0 amide bonds. The Morgan fingerprint density at radius 2 is 1.77 bits per heavy atom. The van der Waals surface area contributed by atoms with Gasteiger partial charge in [-0.3, -0.25) is 4.79 Å². The number of ether oxygens (including phenoxy) is 1. The first-order valence-corrected chi connectivity index (χ1v) is 8.73. The monoisotopic (exact) mass is 350 g/mol. The predicted octanol–water partition coefficient (Wildman–Crippen LogP) is 4.04. The summed E-state index contributed by atoms with van der Waals surface area (Å²) in [6, 6.07) is 14.5. The Balaban J connectivity index is 1.76. The zero-order chi connectivity index (χ0) is 18.7. The molecule has 0 unspecified atom stereocenters. The second kappa shape index (κ2) is 7.52. The Morgan fingerprint density at radius 1 is 1.08 bits per heavy atom. The number of nitrogens with one attached hydrogen (secondary N) is 1. The van der Waals surface area contributed by atoms with Crippen molar-refractivity contribution in [2.45, 2.75) is 33.3 Å². The Bertz CT molecular complexity index is 974. The highest BCUT2D eigenvalue weighted by Crippen LogP contribution is 2.17. The lowest BCUT2D eigenvalue weighted by molar-refractivity contribution is 0.0320. The maximum Gasteiger partial charge on any atom is 0.338 e. The predicted molar refractivity (Wildman–Crippen MR) is 101 cm³/mol. The van der Waals surface area contributed by atoms with Crippen LogP contribution in [0.15, 0.2) is 53.3 Å². The number of aromatic amines is 1. The van der Waals surface area contributed by atoms with Gasteiger partial charge in [0.25, 0.3) is 5.56 Å². The number of H-pyrrole nitrogens is 1. The van der Waals surface area contributed by atoms with E-state index in [2.05, 4.69) is 23.8 Å². The third-order valence-electron chi connectivity index (χ3n) is 4.13. The first-order valence-electron chi connectivity index (χ1n) is 8.73. The lowest BCUT2D eigenvalue weighted by atomic mass is 10.0. The summed E-state index contributed by atoms with van der Waals surface area (Å²) >= 11 is 0. The second-order valence-corrected chi connectivity index (χ2v) is 6.81. The standard InChI is InChI=1S/C21H22N2O3/c1-13(2)12-15-8-10-16(11-9-15)21(25)26-14(3)19-22-18-7-5-4-6-17(18)20(24)23-19/h4-11,13-14H,12H2,1-3H3,(H,22,23,24)/t14-/m1/s1. The molecule has 0 saturated carbocycles. The summed E-state index contributed by atoms with van der Waals surface area (Å²) in [7, 11) is 0. The van der Waals surface area contributed by atoms with Gasteiger partial charge in [-0.2, -0.15) is 0 Å². The van der Waals surface area contributed by atoms with Crippen molar-refractivity contribution in [3.63, 3.8) is 0 Å². The highest BCUT2D eigenvalue weighted by atomic mass is 16.5. The smallest absolute Gasteiger partial charge is 0.338 e. The van der Waals surface area contributed by atoms with Crippen LogP contribution in [0.2, 0.25) is 0 Å². The van der Waals surface area contributed by atoms with E-state index in [-0.39, 0.29) is 5.56 Å². The van der Waals surface area contributed by atoms with E-state index in [1.165, 1.54) is 5.56 Å². The van der Waals surface area contributed by atoms with Gasteiger partial charge in [-0.05, 0) is 49.1 Å². The van der Waals surface area contributed by atoms with Crippen molar-refractivity contribution in [3.05, 3.63) is 75.8 Å². The van der Waals surface area contributed by atoms with Crippen LogP contribution in [0.1, 0.15) is 48.6 Å². The third-order valence-corrected chi connectivity index (χ3v) is 4.13. The van der Waals surface area contributed by atoms with Crippen molar-refractivity contribution in [1.82, 2.24) is 9.97 Å². The number of hydrogen-bond donors (Lipinski definition) is 1. The molecule has 0 fully saturated rings. The van der Waals surface area contributed by atoms with E-state index in [1.807, 2.05) is 18.2 Å². The van der Waals surface area contributed by atoms with Crippen LogP contribution in [0.3, 0.4) is 0 Å². The molecule has 5 nitrogen and oxygen atoms in total. The molecule has 0 bridgehead atoms. The zero-order valence-electron chi connectivity index (χ0n) is 15.2. The number of esters is 1. The Kier molecular flexibility index (Phi) is 5.16. The molecule has 1 heterocycles. The average Bonchev–Trinajstić information content (AvgIpc) is 2.61. The van der Waals surface area contributed by atoms with Crippen LogP contribution in [0.25, 0.3) is 10.9 Å². The van der Waals surface area contributed by atoms with Gasteiger partial charge in [0.1, 0.15) is 0 Å². The van der Waals surface area contributed by atoms with Crippen LogP contribution in [0.4, 0.5) is 0 Å². The fraction of sp³-hybridized carbons (Fsp3) is 0.286. The number of hydrogen-bond acceptors (Lipinski definition) is 4. The van der Waals surface area contributed by atoms with Gasteiger partial charge >= 0.3 is 5.97 Å². The SMILES string of the molecule is CC(C)Cc1ccc(C(=O)O[C@H](C)c2nc3ccccc3c(=O)[nH]2)cc1. The van der Waals surface area contributed by atoms with E-state index in [0.717, 1.165) is 6.42 Å². The summed E-state index contributed by atoms with van der Waals surface area (Å²) < 4.78 is 5.48. The lowest BCUT2D eigenvalue weighted by Gasteiger charge is -2.13. The molecular formula is C21H22N2O3. The van der Waals surface area contributed by atoms with Gasteiger partial charge in [-0.25, -0.2) is 9.78 Å². The quantitative estimate of drug-likeness (QED) is 0.705. The number of aromatic nitrogens is 2. The number of nitrogens with zero attached hydrogens (tertiary/aromatic N) is 1. The molecule has 1 N–H and O–H groups in total. The van der Waals surface area contributed by atoms with E-state index in [9.17, 15) is 9.59 Å². The van der Waals surface area contributed by atoms with E-state index in [4.69, 9.17) is 4.74 Å². The van der Waals surface area contributed by atoms with E-state index >= 15 is 0 Å². The first-order chi connectivity index (χ1) is 12.4. The highest BCUT2D eigenvalue weighted by Gasteiger charge is 2.17. The minimum atomic E-state index is -0.657. The number of rotatable bonds is 5. The minimum absolute atomic E-state index is 0.244. The van der Waals surface area contributed by atoms with Gasteiger partial charge in [0, 0.05) is 0 Å². The van der Waals surface area contributed by atoms with Gasteiger partial charge in [0.15, 0.2) is 11.9 Å². The Labute approximate surface area is 152 Å². The molecule has 134 valence electrons. The van der Waals surface area contributed by atoms with Gasteiger partial charge in [0.2, 0.25) is 0 Å². The van der Waals surface area contributed by atoms with Crippen molar-refractivity contribution < 1.29 is 9.53 Å². The van der Waals surface area contributed by atoms with Crippen molar-refractivity contribution in [2.24, 2.45) is 5.92 Å². The Hall–Kier alpha value is -2.95. The number of benzene rings is 2. The number of para-hydroxylation sites is 1. The molecule has 3 aromatic rings. The molecule has 5 heteroatoms. The van der Waals surface area contributed by atoms with Crippen LogP contribution in [0, 0.1) is 5.92 Å². The van der Waals surface area contributed by atoms with Crippen LogP contribution >= 0.6 is 0 Å². The maximum absolute atomic E-state index is 12.4. The lowest BCUT2D eigenvalue weighted by Crippen LogP contribution is -2.17. The summed E-state index contributed by atoms with van der Waals surface area (Å²) in [6.07, 6.45) is 0.309. The van der Waals surface area contributed by atoms with E-state index < -0.39 is 12.1 Å². The average molecular weight is 350 g/mol. The molecule has 0 spiro atoms. The normalized spacial score (nSPS) is 12.3. The molecule has 0 radical (unpaired) electrons. The van der Waals surface area contributed by atoms with Crippen LogP contribution < -0.4 is 5.56 Å². The van der Waals surface area contributed by atoms with E-state index in [0.29, 0.717) is 28.2 Å². The third kappa shape index (κ3) is 3.99. The second-order valence-electron chi connectivity index (χ2n) is 6.81. The highest BCUT2D eigenvalue weighted by molar-refractivity contribution is 5.89. The molecule has 3 rings (SSSR count). The topological polar surface area (TPSA) is 72.0 Å². The van der Waals surface area contributed by atoms with Crippen LogP contribution in [-0.2, 0) is 11.2 Å². The molecule has 0 saturated heterocycles. The molecule has 2 aromatic carbocycles. The molecule has 0 aliphatic heterocycles. The Morgan fingerprint density at radius 3 is 2.46 bits per heavy atom. The van der Waals surface area contributed by atoms with Gasteiger partial charge in [-0.15, -0.1) is 0 Å². The summed E-state index contributed by atoms with van der Waals surface area (Å²) in [5.74, 6) is 0.450. The van der Waals surface area contributed by atoms with Crippen molar-refractivity contribution >= 4 is 16.9 Å². The molecule has 0 aliphatic carbocycles. The summed E-state index contributed by atoms with van der Waals surface area (Å²) in [4.78, 5) is 31.6.